The molecule has 3 nitrogen and oxygen atoms in total. The van der Waals surface area contributed by atoms with E-state index in [-0.39, 0.29) is 5.97 Å². The number of ether oxygens (including phenoxy) is 1. The molecule has 78 valence electrons. The summed E-state index contributed by atoms with van der Waals surface area (Å²) in [5.74, 6) is -0.301. The Hall–Kier alpha value is -1.82. The molecule has 0 radical (unpaired) electrons. The van der Waals surface area contributed by atoms with E-state index in [2.05, 4.69) is 4.85 Å². The Balaban J connectivity index is 3.16. The smallest absolute Gasteiger partial charge is 0.315 e. The quantitative estimate of drug-likeness (QED) is 0.546. The third-order valence-corrected chi connectivity index (χ3v) is 2.39. The minimum Gasteiger partial charge on any atom is -0.468 e. The molecular formula is C12H13NO2. The van der Waals surface area contributed by atoms with Crippen LogP contribution in [0.5, 0.6) is 0 Å². The molecule has 0 saturated carbocycles. The van der Waals surface area contributed by atoms with E-state index in [0.717, 1.165) is 5.56 Å². The highest BCUT2D eigenvalue weighted by molar-refractivity contribution is 5.82. The molecule has 0 amide bonds. The Morgan fingerprint density at radius 3 is 2.67 bits per heavy atom. The third kappa shape index (κ3) is 2.16. The van der Waals surface area contributed by atoms with E-state index in [1.807, 2.05) is 6.07 Å². The summed E-state index contributed by atoms with van der Waals surface area (Å²) >= 11 is 0. The minimum atomic E-state index is -0.713. The van der Waals surface area contributed by atoms with E-state index < -0.39 is 5.41 Å². The zero-order chi connectivity index (χ0) is 11.5. The first-order valence-electron chi connectivity index (χ1n) is 4.59. The molecule has 1 aromatic carbocycles. The van der Waals surface area contributed by atoms with Crippen LogP contribution in [0, 0.1) is 6.57 Å². The lowest BCUT2D eigenvalue weighted by Crippen LogP contribution is -2.30. The molecule has 0 heterocycles. The van der Waals surface area contributed by atoms with Crippen molar-refractivity contribution in [1.29, 1.82) is 0 Å². The number of methoxy groups -OCH3 is 1. The summed E-state index contributed by atoms with van der Waals surface area (Å²) in [6.45, 7) is 10.5. The number of nitrogens with zero attached hydrogens (tertiary/aromatic N) is 1. The molecule has 0 aliphatic rings. The van der Waals surface area contributed by atoms with Gasteiger partial charge in [-0.2, -0.15) is 0 Å². The number of carbonyl (C=O) groups excluding carboxylic acids is 1. The van der Waals surface area contributed by atoms with Gasteiger partial charge in [0.05, 0.1) is 19.1 Å². The minimum absolute atomic E-state index is 0.301. The van der Waals surface area contributed by atoms with Gasteiger partial charge in [0.2, 0.25) is 0 Å². The number of hydrogen-bond acceptors (Lipinski definition) is 2. The average Bonchev–Trinajstić information content (AvgIpc) is 2.27. The van der Waals surface area contributed by atoms with Crippen molar-refractivity contribution in [2.75, 3.05) is 7.11 Å². The fourth-order valence-electron chi connectivity index (χ4n) is 1.34. The zero-order valence-electron chi connectivity index (χ0n) is 9.07. The Morgan fingerprint density at radius 2 is 2.13 bits per heavy atom. The second kappa shape index (κ2) is 4.14. The largest absolute Gasteiger partial charge is 0.468 e. The molecule has 3 heteroatoms. The van der Waals surface area contributed by atoms with Crippen LogP contribution in [0.3, 0.4) is 0 Å². The summed E-state index contributed by atoms with van der Waals surface area (Å²) in [5, 5.41) is 0. The summed E-state index contributed by atoms with van der Waals surface area (Å²) in [7, 11) is 1.36. The maximum absolute atomic E-state index is 11.5. The monoisotopic (exact) mass is 203 g/mol. The zero-order valence-corrected chi connectivity index (χ0v) is 9.07. The number of hydrogen-bond donors (Lipinski definition) is 0. The molecule has 0 aliphatic carbocycles. The summed E-state index contributed by atoms with van der Waals surface area (Å²) in [5.41, 5.74) is 0.613. The molecule has 1 aromatic rings. The van der Waals surface area contributed by atoms with Crippen LogP contribution in [0.2, 0.25) is 0 Å². The van der Waals surface area contributed by atoms with Gasteiger partial charge in [-0.15, -0.1) is 0 Å². The van der Waals surface area contributed by atoms with Gasteiger partial charge in [-0.3, -0.25) is 4.79 Å². The van der Waals surface area contributed by atoms with Gasteiger partial charge in [-0.1, -0.05) is 24.3 Å². The van der Waals surface area contributed by atoms with Gasteiger partial charge < -0.3 is 4.74 Å². The average molecular weight is 203 g/mol. The molecule has 0 aromatic heterocycles. The predicted octanol–water partition coefficient (Wildman–Crippen LogP) is 2.69. The van der Waals surface area contributed by atoms with Crippen LogP contribution in [0.25, 0.3) is 4.85 Å². The third-order valence-electron chi connectivity index (χ3n) is 2.39. The maximum Gasteiger partial charge on any atom is 0.315 e. The first-order valence-corrected chi connectivity index (χ1v) is 4.59. The molecule has 0 atom stereocenters. The fourth-order valence-corrected chi connectivity index (χ4v) is 1.34. The molecule has 1 rings (SSSR count). The van der Waals surface area contributed by atoms with Crippen molar-refractivity contribution in [2.24, 2.45) is 0 Å². The highest BCUT2D eigenvalue weighted by Gasteiger charge is 2.30. The van der Waals surface area contributed by atoms with Gasteiger partial charge in [0.1, 0.15) is 0 Å². The van der Waals surface area contributed by atoms with Crippen LogP contribution in [0.4, 0.5) is 5.69 Å². The summed E-state index contributed by atoms with van der Waals surface area (Å²) in [6, 6.07) is 7.02. The van der Waals surface area contributed by atoms with Crippen LogP contribution in [0.1, 0.15) is 19.4 Å². The Kier molecular flexibility index (Phi) is 3.11. The van der Waals surface area contributed by atoms with Gasteiger partial charge in [0, 0.05) is 0 Å². The molecular weight excluding hydrogens is 190 g/mol. The van der Waals surface area contributed by atoms with Gasteiger partial charge in [-0.25, -0.2) is 4.85 Å². The van der Waals surface area contributed by atoms with E-state index >= 15 is 0 Å². The van der Waals surface area contributed by atoms with Gasteiger partial charge in [-0.05, 0) is 19.4 Å². The lowest BCUT2D eigenvalue weighted by Gasteiger charge is -2.22. The predicted molar refractivity (Wildman–Crippen MR) is 57.7 cm³/mol. The summed E-state index contributed by atoms with van der Waals surface area (Å²) in [6.07, 6.45) is 0. The second-order valence-corrected chi connectivity index (χ2v) is 3.78. The normalized spacial score (nSPS) is 10.5. The molecule has 0 saturated heterocycles. The van der Waals surface area contributed by atoms with E-state index in [1.165, 1.54) is 7.11 Å². The first kappa shape index (κ1) is 11.3. The van der Waals surface area contributed by atoms with Gasteiger partial charge in [0.15, 0.2) is 5.69 Å². The molecule has 0 unspecified atom stereocenters. The van der Waals surface area contributed by atoms with Crippen molar-refractivity contribution in [3.05, 3.63) is 41.2 Å². The fraction of sp³-hybridized carbons (Fsp3) is 0.333. The number of esters is 1. The van der Waals surface area contributed by atoms with Crippen molar-refractivity contribution in [3.8, 4) is 0 Å². The number of carbonyl (C=O) groups is 1. The highest BCUT2D eigenvalue weighted by atomic mass is 16.5. The Bertz CT molecular complexity index is 416. The van der Waals surface area contributed by atoms with E-state index in [9.17, 15) is 4.79 Å². The highest BCUT2D eigenvalue weighted by Crippen LogP contribution is 2.27. The lowest BCUT2D eigenvalue weighted by atomic mass is 9.84. The number of benzene rings is 1. The standard InChI is InChI=1S/C12H13NO2/c1-12(2,11(14)15-4)9-6-5-7-10(8-9)13-3/h5-8H,1-2,4H3. The van der Waals surface area contributed by atoms with Gasteiger partial charge in [0.25, 0.3) is 0 Å². The van der Waals surface area contributed by atoms with Crippen LogP contribution in [0.15, 0.2) is 24.3 Å². The van der Waals surface area contributed by atoms with Crippen molar-refractivity contribution < 1.29 is 9.53 Å². The Morgan fingerprint density at radius 1 is 1.47 bits per heavy atom. The van der Waals surface area contributed by atoms with Crippen LogP contribution < -0.4 is 0 Å². The second-order valence-electron chi connectivity index (χ2n) is 3.78. The molecule has 0 fully saturated rings. The van der Waals surface area contributed by atoms with E-state index in [0.29, 0.717) is 5.69 Å². The molecule has 0 N–H and O–H groups in total. The molecule has 0 aliphatic heterocycles. The topological polar surface area (TPSA) is 30.7 Å². The van der Waals surface area contributed by atoms with Crippen LogP contribution >= 0.6 is 0 Å². The maximum atomic E-state index is 11.5. The Labute approximate surface area is 89.5 Å². The van der Waals surface area contributed by atoms with Crippen LogP contribution in [-0.4, -0.2) is 13.1 Å². The molecule has 15 heavy (non-hydrogen) atoms. The van der Waals surface area contributed by atoms with E-state index in [4.69, 9.17) is 11.3 Å². The molecule has 0 bridgehead atoms. The number of rotatable bonds is 2. The first-order chi connectivity index (χ1) is 7.02. The van der Waals surface area contributed by atoms with Crippen molar-refractivity contribution in [2.45, 2.75) is 19.3 Å². The summed E-state index contributed by atoms with van der Waals surface area (Å²) in [4.78, 5) is 14.9. The van der Waals surface area contributed by atoms with Crippen molar-refractivity contribution >= 4 is 11.7 Å². The van der Waals surface area contributed by atoms with Crippen molar-refractivity contribution in [1.82, 2.24) is 0 Å². The molecule has 0 spiro atoms. The van der Waals surface area contributed by atoms with E-state index in [1.54, 1.807) is 32.0 Å². The SMILES string of the molecule is [C-]#[N+]c1cccc(C(C)(C)C(=O)OC)c1. The van der Waals surface area contributed by atoms with Crippen molar-refractivity contribution in [3.63, 3.8) is 0 Å². The lowest BCUT2D eigenvalue weighted by molar-refractivity contribution is -0.146. The van der Waals surface area contributed by atoms with Gasteiger partial charge >= 0.3 is 5.97 Å². The summed E-state index contributed by atoms with van der Waals surface area (Å²) < 4.78 is 4.73. The van der Waals surface area contributed by atoms with Crippen LogP contribution in [-0.2, 0) is 14.9 Å².